The Morgan fingerprint density at radius 2 is 1.95 bits per heavy atom. The van der Waals surface area contributed by atoms with E-state index in [9.17, 15) is 23.3 Å². The molecule has 116 valence electrons. The first-order valence-electron chi connectivity index (χ1n) is 6.26. The van der Waals surface area contributed by atoms with Gasteiger partial charge in [-0.2, -0.15) is 13.2 Å². The number of nitro benzene ring substituents is 1. The average Bonchev–Trinajstić information content (AvgIpc) is 2.40. The molecule has 1 aliphatic heterocycles. The first kappa shape index (κ1) is 16.0. The first-order valence-corrected chi connectivity index (χ1v) is 6.64. The molecule has 1 saturated heterocycles. The second-order valence-corrected chi connectivity index (χ2v) is 5.10. The van der Waals surface area contributed by atoms with Crippen molar-refractivity contribution < 1.29 is 18.1 Å². The molecule has 1 atom stereocenters. The predicted molar refractivity (Wildman–Crippen MR) is 71.3 cm³/mol. The summed E-state index contributed by atoms with van der Waals surface area (Å²) in [6, 6.07) is 1.20. The van der Waals surface area contributed by atoms with Gasteiger partial charge in [-0.05, 0) is 6.07 Å². The zero-order valence-electron chi connectivity index (χ0n) is 10.9. The van der Waals surface area contributed by atoms with Gasteiger partial charge in [0.25, 0.3) is 5.69 Å². The molecular formula is C12H13ClF3N3O2. The van der Waals surface area contributed by atoms with Crippen molar-refractivity contribution in [2.45, 2.75) is 12.2 Å². The van der Waals surface area contributed by atoms with E-state index in [4.69, 9.17) is 11.6 Å². The van der Waals surface area contributed by atoms with E-state index in [1.54, 1.807) is 0 Å². The van der Waals surface area contributed by atoms with Gasteiger partial charge in [-0.1, -0.05) is 11.6 Å². The molecule has 1 aromatic carbocycles. The molecule has 1 heterocycles. The fraction of sp³-hybridized carbons (Fsp3) is 0.500. The summed E-state index contributed by atoms with van der Waals surface area (Å²) >= 11 is 5.86. The second kappa shape index (κ2) is 6.17. The summed E-state index contributed by atoms with van der Waals surface area (Å²) in [5, 5.41) is 13.6. The van der Waals surface area contributed by atoms with Gasteiger partial charge in [0.05, 0.1) is 4.92 Å². The van der Waals surface area contributed by atoms with Crippen LogP contribution in [0.5, 0.6) is 0 Å². The molecule has 0 aliphatic carbocycles. The van der Waals surface area contributed by atoms with Gasteiger partial charge in [-0.15, -0.1) is 0 Å². The highest BCUT2D eigenvalue weighted by atomic mass is 35.5. The summed E-state index contributed by atoms with van der Waals surface area (Å²) in [6.07, 6.45) is -4.56. The zero-order valence-corrected chi connectivity index (χ0v) is 11.6. The van der Waals surface area contributed by atoms with Gasteiger partial charge in [-0.25, -0.2) is 0 Å². The van der Waals surface area contributed by atoms with Gasteiger partial charge >= 0.3 is 6.18 Å². The maximum Gasteiger partial charge on any atom is 0.408 e. The molecular weight excluding hydrogens is 311 g/mol. The van der Waals surface area contributed by atoms with Crippen LogP contribution in [-0.2, 0) is 0 Å². The maximum atomic E-state index is 13.4. The van der Waals surface area contributed by atoms with Crippen LogP contribution < -0.4 is 5.32 Å². The topological polar surface area (TPSA) is 58.4 Å². The Hall–Kier alpha value is -1.38. The minimum atomic E-state index is -4.56. The Kier molecular flexibility index (Phi) is 4.70. The lowest BCUT2D eigenvalue weighted by Gasteiger charge is -2.36. The van der Waals surface area contributed by atoms with Gasteiger partial charge in [-0.3, -0.25) is 15.0 Å². The maximum absolute atomic E-state index is 13.4. The Balaban J connectivity index is 2.45. The van der Waals surface area contributed by atoms with E-state index in [2.05, 4.69) is 5.32 Å². The van der Waals surface area contributed by atoms with Gasteiger partial charge in [0.1, 0.15) is 6.04 Å². The van der Waals surface area contributed by atoms with Crippen LogP contribution >= 0.6 is 11.6 Å². The number of halogens is 4. The first-order chi connectivity index (χ1) is 9.80. The molecule has 2 rings (SSSR count). The molecule has 1 aliphatic rings. The number of piperazine rings is 1. The van der Waals surface area contributed by atoms with E-state index in [-0.39, 0.29) is 23.7 Å². The van der Waals surface area contributed by atoms with Crippen molar-refractivity contribution in [1.82, 2.24) is 10.2 Å². The predicted octanol–water partition coefficient (Wildman–Crippen LogP) is 2.76. The molecule has 0 radical (unpaired) electrons. The molecule has 0 unspecified atom stereocenters. The molecule has 5 nitrogen and oxygen atoms in total. The number of alkyl halides is 3. The lowest BCUT2D eigenvalue weighted by molar-refractivity contribution is -0.385. The summed E-state index contributed by atoms with van der Waals surface area (Å²) in [6.45, 7) is 1.25. The molecule has 0 amide bonds. The van der Waals surface area contributed by atoms with Crippen LogP contribution in [-0.4, -0.2) is 42.2 Å². The van der Waals surface area contributed by atoms with E-state index < -0.39 is 22.8 Å². The summed E-state index contributed by atoms with van der Waals surface area (Å²) in [4.78, 5) is 11.3. The van der Waals surface area contributed by atoms with Crippen molar-refractivity contribution in [3.63, 3.8) is 0 Å². The number of hydrogen-bond donors (Lipinski definition) is 1. The van der Waals surface area contributed by atoms with Gasteiger partial charge < -0.3 is 5.32 Å². The van der Waals surface area contributed by atoms with Crippen molar-refractivity contribution in [3.05, 3.63) is 38.9 Å². The standard InChI is InChI=1S/C12H13ClF3N3O2/c13-10-2-1-8(19(20)21)7-9(10)11(12(14,15)16)18-5-3-17-4-6-18/h1-2,7,11,17H,3-6H2/t11-/m0/s1. The zero-order chi connectivity index (χ0) is 15.6. The Morgan fingerprint density at radius 1 is 1.33 bits per heavy atom. The van der Waals surface area contributed by atoms with Crippen LogP contribution in [0.15, 0.2) is 18.2 Å². The van der Waals surface area contributed by atoms with Crippen LogP contribution in [0.25, 0.3) is 0 Å². The highest BCUT2D eigenvalue weighted by Crippen LogP contribution is 2.41. The number of hydrogen-bond acceptors (Lipinski definition) is 4. The fourth-order valence-corrected chi connectivity index (χ4v) is 2.60. The molecule has 0 saturated carbocycles. The third-order valence-electron chi connectivity index (χ3n) is 3.31. The van der Waals surface area contributed by atoms with Crippen LogP contribution in [0.4, 0.5) is 18.9 Å². The quantitative estimate of drug-likeness (QED) is 0.686. The summed E-state index contributed by atoms with van der Waals surface area (Å²) < 4.78 is 40.2. The molecule has 1 N–H and O–H groups in total. The third-order valence-corrected chi connectivity index (χ3v) is 3.66. The van der Waals surface area contributed by atoms with Crippen LogP contribution in [0.1, 0.15) is 11.6 Å². The van der Waals surface area contributed by atoms with Crippen molar-refractivity contribution in [1.29, 1.82) is 0 Å². The monoisotopic (exact) mass is 323 g/mol. The average molecular weight is 324 g/mol. The van der Waals surface area contributed by atoms with E-state index in [0.717, 1.165) is 18.2 Å². The van der Waals surface area contributed by atoms with Crippen molar-refractivity contribution >= 4 is 17.3 Å². The molecule has 0 bridgehead atoms. The van der Waals surface area contributed by atoms with Gasteiger partial charge in [0, 0.05) is 48.9 Å². The minimum Gasteiger partial charge on any atom is -0.314 e. The van der Waals surface area contributed by atoms with Crippen molar-refractivity contribution in [2.24, 2.45) is 0 Å². The van der Waals surface area contributed by atoms with E-state index >= 15 is 0 Å². The number of benzene rings is 1. The minimum absolute atomic E-state index is 0.124. The Bertz CT molecular complexity index is 533. The van der Waals surface area contributed by atoms with Crippen LogP contribution in [0.3, 0.4) is 0 Å². The lowest BCUT2D eigenvalue weighted by atomic mass is 10.0. The lowest BCUT2D eigenvalue weighted by Crippen LogP contribution is -2.49. The molecule has 9 heteroatoms. The SMILES string of the molecule is O=[N+]([O-])c1ccc(Cl)c([C@H](N2CCNCC2)C(F)(F)F)c1. The summed E-state index contributed by atoms with van der Waals surface area (Å²) in [5.41, 5.74) is -0.681. The van der Waals surface area contributed by atoms with Gasteiger partial charge in [0.15, 0.2) is 0 Å². The van der Waals surface area contributed by atoms with Crippen molar-refractivity contribution in [2.75, 3.05) is 26.2 Å². The smallest absolute Gasteiger partial charge is 0.314 e. The highest BCUT2D eigenvalue weighted by molar-refractivity contribution is 6.31. The normalized spacial score (nSPS) is 18.5. The van der Waals surface area contributed by atoms with E-state index in [1.807, 2.05) is 0 Å². The number of nitrogens with one attached hydrogen (secondary N) is 1. The fourth-order valence-electron chi connectivity index (χ4n) is 2.37. The number of rotatable bonds is 3. The molecule has 0 aromatic heterocycles. The second-order valence-electron chi connectivity index (χ2n) is 4.69. The van der Waals surface area contributed by atoms with Crippen LogP contribution in [0, 0.1) is 10.1 Å². The van der Waals surface area contributed by atoms with Crippen LogP contribution in [0.2, 0.25) is 5.02 Å². The molecule has 1 aromatic rings. The Labute approximate surface area is 123 Å². The number of non-ortho nitro benzene ring substituents is 1. The molecule has 21 heavy (non-hydrogen) atoms. The van der Waals surface area contributed by atoms with Crippen molar-refractivity contribution in [3.8, 4) is 0 Å². The largest absolute Gasteiger partial charge is 0.408 e. The van der Waals surface area contributed by atoms with Gasteiger partial charge in [0.2, 0.25) is 0 Å². The summed E-state index contributed by atoms with van der Waals surface area (Å²) in [7, 11) is 0. The highest BCUT2D eigenvalue weighted by Gasteiger charge is 2.46. The summed E-state index contributed by atoms with van der Waals surface area (Å²) in [5.74, 6) is 0. The third kappa shape index (κ3) is 3.63. The van der Waals surface area contributed by atoms with E-state index in [1.165, 1.54) is 4.90 Å². The van der Waals surface area contributed by atoms with E-state index in [0.29, 0.717) is 13.1 Å². The number of nitrogens with zero attached hydrogens (tertiary/aromatic N) is 2. The number of nitro groups is 1. The molecule has 1 fully saturated rings. The Morgan fingerprint density at radius 3 is 2.48 bits per heavy atom. The molecule has 0 spiro atoms.